The molecular formula is C12H17NO2S. The number of hydrogen-bond donors (Lipinski definition) is 1. The van der Waals surface area contributed by atoms with Crippen molar-refractivity contribution in [3.63, 3.8) is 0 Å². The van der Waals surface area contributed by atoms with Crippen molar-refractivity contribution in [3.8, 4) is 0 Å². The van der Waals surface area contributed by atoms with Gasteiger partial charge in [-0.25, -0.2) is 0 Å². The zero-order valence-corrected chi connectivity index (χ0v) is 10.3. The fourth-order valence-corrected chi connectivity index (χ4v) is 2.03. The summed E-state index contributed by atoms with van der Waals surface area (Å²) in [7, 11) is 1.65. The molecule has 1 unspecified atom stereocenters. The van der Waals surface area contributed by atoms with Gasteiger partial charge in [0, 0.05) is 20.1 Å². The van der Waals surface area contributed by atoms with Crippen LogP contribution in [0.3, 0.4) is 0 Å². The first-order chi connectivity index (χ1) is 7.77. The molecule has 0 aliphatic carbocycles. The number of allylic oxidation sites excluding steroid dienone is 1. The Morgan fingerprint density at radius 3 is 3.12 bits per heavy atom. The van der Waals surface area contributed by atoms with Gasteiger partial charge in [-0.15, -0.1) is 6.58 Å². The van der Waals surface area contributed by atoms with E-state index in [1.165, 1.54) is 0 Å². The van der Waals surface area contributed by atoms with Gasteiger partial charge in [-0.1, -0.05) is 6.08 Å². The molecule has 0 aliphatic heterocycles. The molecule has 88 valence electrons. The van der Waals surface area contributed by atoms with Crippen LogP contribution in [0.5, 0.6) is 0 Å². The van der Waals surface area contributed by atoms with Crippen LogP contribution in [0.4, 0.5) is 0 Å². The standard InChI is InChI=1S/C12H17NO2S/c1-3-4-5-12(14)13-8-11(15-2)10-6-7-16-9-10/h3,6-7,9,11H,1,4-5,8H2,2H3,(H,13,14). The topological polar surface area (TPSA) is 38.3 Å². The van der Waals surface area contributed by atoms with E-state index in [1.807, 2.05) is 16.8 Å². The lowest BCUT2D eigenvalue weighted by Crippen LogP contribution is -2.28. The predicted molar refractivity (Wildman–Crippen MR) is 66.5 cm³/mol. The van der Waals surface area contributed by atoms with Crippen LogP contribution < -0.4 is 5.32 Å². The second-order valence-electron chi connectivity index (χ2n) is 3.41. The Morgan fingerprint density at radius 1 is 1.75 bits per heavy atom. The minimum Gasteiger partial charge on any atom is -0.375 e. The fourth-order valence-electron chi connectivity index (χ4n) is 1.32. The lowest BCUT2D eigenvalue weighted by molar-refractivity contribution is -0.121. The average molecular weight is 239 g/mol. The second-order valence-corrected chi connectivity index (χ2v) is 4.19. The van der Waals surface area contributed by atoms with E-state index in [4.69, 9.17) is 4.74 Å². The third-order valence-corrected chi connectivity index (χ3v) is 2.96. The van der Waals surface area contributed by atoms with Crippen LogP contribution >= 0.6 is 11.3 Å². The van der Waals surface area contributed by atoms with E-state index in [1.54, 1.807) is 24.5 Å². The van der Waals surface area contributed by atoms with Gasteiger partial charge < -0.3 is 10.1 Å². The maximum Gasteiger partial charge on any atom is 0.220 e. The molecule has 0 radical (unpaired) electrons. The van der Waals surface area contributed by atoms with Crippen LogP contribution in [0.1, 0.15) is 24.5 Å². The summed E-state index contributed by atoms with van der Waals surface area (Å²) in [6.07, 6.45) is 2.89. The normalized spacial score (nSPS) is 12.1. The fraction of sp³-hybridized carbons (Fsp3) is 0.417. The van der Waals surface area contributed by atoms with Crippen LogP contribution in [0.25, 0.3) is 0 Å². The molecule has 1 atom stereocenters. The zero-order valence-electron chi connectivity index (χ0n) is 9.44. The van der Waals surface area contributed by atoms with Crippen LogP contribution in [0.2, 0.25) is 0 Å². The number of carbonyl (C=O) groups is 1. The number of hydrogen-bond acceptors (Lipinski definition) is 3. The number of ether oxygens (including phenoxy) is 1. The molecule has 1 aromatic rings. The second kappa shape index (κ2) is 7.19. The number of amides is 1. The molecule has 1 heterocycles. The number of nitrogens with one attached hydrogen (secondary N) is 1. The van der Waals surface area contributed by atoms with Crippen molar-refractivity contribution in [1.82, 2.24) is 5.32 Å². The Kier molecular flexibility index (Phi) is 5.82. The predicted octanol–water partition coefficient (Wildman–Crippen LogP) is 2.52. The van der Waals surface area contributed by atoms with E-state index in [9.17, 15) is 4.79 Å². The van der Waals surface area contributed by atoms with Gasteiger partial charge in [-0.2, -0.15) is 11.3 Å². The highest BCUT2D eigenvalue weighted by Gasteiger charge is 2.11. The molecular weight excluding hydrogens is 222 g/mol. The molecule has 0 saturated heterocycles. The van der Waals surface area contributed by atoms with E-state index >= 15 is 0 Å². The Labute approximate surface area is 100 Å². The first-order valence-electron chi connectivity index (χ1n) is 5.20. The first-order valence-corrected chi connectivity index (χ1v) is 6.14. The Hall–Kier alpha value is -1.13. The van der Waals surface area contributed by atoms with Gasteiger partial charge in [0.05, 0.1) is 0 Å². The monoisotopic (exact) mass is 239 g/mol. The van der Waals surface area contributed by atoms with Gasteiger partial charge >= 0.3 is 0 Å². The molecule has 0 saturated carbocycles. The van der Waals surface area contributed by atoms with E-state index in [0.29, 0.717) is 19.4 Å². The summed E-state index contributed by atoms with van der Waals surface area (Å²) >= 11 is 1.63. The van der Waals surface area contributed by atoms with Crippen molar-refractivity contribution < 1.29 is 9.53 Å². The number of carbonyl (C=O) groups excluding carboxylic acids is 1. The van der Waals surface area contributed by atoms with Gasteiger partial charge in [-0.3, -0.25) is 4.79 Å². The SMILES string of the molecule is C=CCCC(=O)NCC(OC)c1ccsc1. The van der Waals surface area contributed by atoms with Gasteiger partial charge in [0.15, 0.2) is 0 Å². The minimum absolute atomic E-state index is 0.0391. The quantitative estimate of drug-likeness (QED) is 0.742. The minimum atomic E-state index is -0.0565. The summed E-state index contributed by atoms with van der Waals surface area (Å²) < 4.78 is 5.32. The summed E-state index contributed by atoms with van der Waals surface area (Å²) in [6.45, 7) is 4.10. The molecule has 0 aliphatic rings. The molecule has 16 heavy (non-hydrogen) atoms. The third kappa shape index (κ3) is 4.16. The zero-order chi connectivity index (χ0) is 11.8. The highest BCUT2D eigenvalue weighted by molar-refractivity contribution is 7.07. The highest BCUT2D eigenvalue weighted by Crippen LogP contribution is 2.18. The first kappa shape index (κ1) is 12.9. The number of methoxy groups -OCH3 is 1. The van der Waals surface area contributed by atoms with Gasteiger partial charge in [0.2, 0.25) is 5.91 Å². The van der Waals surface area contributed by atoms with Gasteiger partial charge in [0.1, 0.15) is 6.10 Å². The van der Waals surface area contributed by atoms with Crippen molar-refractivity contribution in [1.29, 1.82) is 0 Å². The summed E-state index contributed by atoms with van der Waals surface area (Å²) in [4.78, 5) is 11.4. The molecule has 1 rings (SSSR count). The maximum absolute atomic E-state index is 11.4. The lowest BCUT2D eigenvalue weighted by Gasteiger charge is -2.14. The summed E-state index contributed by atoms with van der Waals surface area (Å²) in [5.41, 5.74) is 1.11. The highest BCUT2D eigenvalue weighted by atomic mass is 32.1. The van der Waals surface area contributed by atoms with Crippen LogP contribution in [-0.2, 0) is 9.53 Å². The van der Waals surface area contributed by atoms with Crippen molar-refractivity contribution in [2.75, 3.05) is 13.7 Å². The Balaban J connectivity index is 2.34. The van der Waals surface area contributed by atoms with E-state index in [-0.39, 0.29) is 12.0 Å². The third-order valence-electron chi connectivity index (χ3n) is 2.26. The van der Waals surface area contributed by atoms with E-state index in [0.717, 1.165) is 5.56 Å². The molecule has 1 N–H and O–H groups in total. The van der Waals surface area contributed by atoms with Crippen molar-refractivity contribution in [2.45, 2.75) is 18.9 Å². The lowest BCUT2D eigenvalue weighted by atomic mass is 10.2. The molecule has 0 spiro atoms. The summed E-state index contributed by atoms with van der Waals surface area (Å²) in [5, 5.41) is 6.88. The van der Waals surface area contributed by atoms with Crippen molar-refractivity contribution >= 4 is 17.2 Å². The molecule has 0 aromatic carbocycles. The van der Waals surface area contributed by atoms with Crippen LogP contribution in [-0.4, -0.2) is 19.6 Å². The molecule has 1 aromatic heterocycles. The van der Waals surface area contributed by atoms with Crippen molar-refractivity contribution in [3.05, 3.63) is 35.0 Å². The largest absolute Gasteiger partial charge is 0.375 e. The molecule has 1 amide bonds. The van der Waals surface area contributed by atoms with Crippen LogP contribution in [0.15, 0.2) is 29.5 Å². The van der Waals surface area contributed by atoms with Crippen LogP contribution in [0, 0.1) is 0 Å². The molecule has 4 heteroatoms. The van der Waals surface area contributed by atoms with Gasteiger partial charge in [-0.05, 0) is 28.8 Å². The van der Waals surface area contributed by atoms with Gasteiger partial charge in [0.25, 0.3) is 0 Å². The average Bonchev–Trinajstić information content (AvgIpc) is 2.81. The number of thiophene rings is 1. The smallest absolute Gasteiger partial charge is 0.220 e. The Morgan fingerprint density at radius 2 is 2.56 bits per heavy atom. The molecule has 0 fully saturated rings. The maximum atomic E-state index is 11.4. The van der Waals surface area contributed by atoms with E-state index < -0.39 is 0 Å². The molecule has 0 bridgehead atoms. The molecule has 3 nitrogen and oxygen atoms in total. The van der Waals surface area contributed by atoms with Crippen molar-refractivity contribution in [2.24, 2.45) is 0 Å². The number of rotatable bonds is 7. The summed E-state index contributed by atoms with van der Waals surface area (Å²) in [5.74, 6) is 0.0391. The Bertz CT molecular complexity index is 322. The summed E-state index contributed by atoms with van der Waals surface area (Å²) in [6, 6.07) is 2.01. The van der Waals surface area contributed by atoms with E-state index in [2.05, 4.69) is 11.9 Å².